The maximum absolute atomic E-state index is 5.20. The van der Waals surface area contributed by atoms with E-state index in [0.717, 1.165) is 18.7 Å². The maximum Gasteiger partial charge on any atom is 0.118 e. The molecule has 0 saturated heterocycles. The van der Waals surface area contributed by atoms with E-state index in [4.69, 9.17) is 4.74 Å². The Labute approximate surface area is 118 Å². The van der Waals surface area contributed by atoms with Gasteiger partial charge in [-0.05, 0) is 63.8 Å². The van der Waals surface area contributed by atoms with Crippen LogP contribution in [0.1, 0.15) is 46.1 Å². The van der Waals surface area contributed by atoms with Crippen LogP contribution >= 0.6 is 0 Å². The van der Waals surface area contributed by atoms with E-state index in [1.54, 1.807) is 7.11 Å². The van der Waals surface area contributed by atoms with Gasteiger partial charge in [-0.2, -0.15) is 0 Å². The largest absolute Gasteiger partial charge is 0.497 e. The molecule has 0 aliphatic rings. The molecule has 0 amide bonds. The zero-order valence-electron chi connectivity index (χ0n) is 13.1. The summed E-state index contributed by atoms with van der Waals surface area (Å²) < 4.78 is 5.20. The van der Waals surface area contributed by atoms with E-state index in [1.807, 2.05) is 0 Å². The van der Waals surface area contributed by atoms with Crippen molar-refractivity contribution >= 4 is 0 Å². The molecule has 1 aromatic carbocycles. The van der Waals surface area contributed by atoms with Crippen LogP contribution < -0.4 is 10.1 Å². The second kappa shape index (κ2) is 7.54. The molecular formula is C17H29NO. The van der Waals surface area contributed by atoms with Crippen molar-refractivity contribution < 1.29 is 4.74 Å². The van der Waals surface area contributed by atoms with Gasteiger partial charge in [0.05, 0.1) is 7.11 Å². The van der Waals surface area contributed by atoms with E-state index >= 15 is 0 Å². The zero-order chi connectivity index (χ0) is 14.3. The van der Waals surface area contributed by atoms with Gasteiger partial charge in [-0.3, -0.25) is 0 Å². The quantitative estimate of drug-likeness (QED) is 0.801. The molecule has 0 fully saturated rings. The van der Waals surface area contributed by atoms with Gasteiger partial charge in [0.15, 0.2) is 0 Å². The standard InChI is InChI=1S/C17H29NO/c1-6-7-15(13-18-17(2,3)4)12-14-8-10-16(19-5)11-9-14/h8-11,15,18H,6-7,12-13H2,1-5H3. The molecule has 1 atom stereocenters. The van der Waals surface area contributed by atoms with Gasteiger partial charge in [0.2, 0.25) is 0 Å². The molecule has 1 aromatic rings. The number of benzene rings is 1. The predicted molar refractivity (Wildman–Crippen MR) is 82.9 cm³/mol. The van der Waals surface area contributed by atoms with Crippen LogP contribution in [0, 0.1) is 5.92 Å². The Morgan fingerprint density at radius 2 is 1.79 bits per heavy atom. The summed E-state index contributed by atoms with van der Waals surface area (Å²) in [4.78, 5) is 0. The molecule has 0 spiro atoms. The van der Waals surface area contributed by atoms with Crippen molar-refractivity contribution in [2.24, 2.45) is 5.92 Å². The molecule has 19 heavy (non-hydrogen) atoms. The van der Waals surface area contributed by atoms with Gasteiger partial charge in [-0.15, -0.1) is 0 Å². The molecule has 0 bridgehead atoms. The third-order valence-electron chi connectivity index (χ3n) is 3.30. The van der Waals surface area contributed by atoms with Crippen LogP contribution in [0.3, 0.4) is 0 Å². The van der Waals surface area contributed by atoms with Gasteiger partial charge < -0.3 is 10.1 Å². The summed E-state index contributed by atoms with van der Waals surface area (Å²) in [5.74, 6) is 1.64. The van der Waals surface area contributed by atoms with Crippen molar-refractivity contribution in [3.05, 3.63) is 29.8 Å². The predicted octanol–water partition coefficient (Wildman–Crippen LogP) is 4.04. The second-order valence-corrected chi connectivity index (χ2v) is 6.34. The van der Waals surface area contributed by atoms with Crippen molar-refractivity contribution in [3.8, 4) is 5.75 Å². The Morgan fingerprint density at radius 3 is 2.26 bits per heavy atom. The van der Waals surface area contributed by atoms with E-state index in [-0.39, 0.29) is 5.54 Å². The Balaban J connectivity index is 2.56. The number of nitrogens with one attached hydrogen (secondary N) is 1. The van der Waals surface area contributed by atoms with E-state index in [2.05, 4.69) is 57.3 Å². The molecule has 108 valence electrons. The summed E-state index contributed by atoms with van der Waals surface area (Å²) in [5, 5.41) is 3.62. The minimum Gasteiger partial charge on any atom is -0.497 e. The summed E-state index contributed by atoms with van der Waals surface area (Å²) in [5.41, 5.74) is 1.60. The van der Waals surface area contributed by atoms with Crippen LogP contribution in [-0.4, -0.2) is 19.2 Å². The third-order valence-corrected chi connectivity index (χ3v) is 3.30. The Morgan fingerprint density at radius 1 is 1.16 bits per heavy atom. The molecule has 0 aliphatic carbocycles. The molecule has 2 nitrogen and oxygen atoms in total. The highest BCUT2D eigenvalue weighted by molar-refractivity contribution is 5.27. The Kier molecular flexibility index (Phi) is 6.36. The van der Waals surface area contributed by atoms with E-state index in [1.165, 1.54) is 18.4 Å². The first-order chi connectivity index (χ1) is 8.94. The molecule has 1 N–H and O–H groups in total. The fourth-order valence-corrected chi connectivity index (χ4v) is 2.23. The van der Waals surface area contributed by atoms with Crippen LogP contribution in [-0.2, 0) is 6.42 Å². The molecule has 0 radical (unpaired) electrons. The lowest BCUT2D eigenvalue weighted by Crippen LogP contribution is -2.39. The normalized spacial score (nSPS) is 13.3. The highest BCUT2D eigenvalue weighted by Gasteiger charge is 2.14. The first kappa shape index (κ1) is 16.0. The van der Waals surface area contributed by atoms with Crippen molar-refractivity contribution in [1.82, 2.24) is 5.32 Å². The van der Waals surface area contributed by atoms with E-state index in [0.29, 0.717) is 5.92 Å². The number of hydrogen-bond donors (Lipinski definition) is 1. The fraction of sp³-hybridized carbons (Fsp3) is 0.647. The summed E-state index contributed by atoms with van der Waals surface area (Å²) in [6.07, 6.45) is 3.66. The Bertz CT molecular complexity index is 351. The van der Waals surface area contributed by atoms with Crippen molar-refractivity contribution in [2.45, 2.75) is 52.5 Å². The van der Waals surface area contributed by atoms with Crippen molar-refractivity contribution in [1.29, 1.82) is 0 Å². The van der Waals surface area contributed by atoms with E-state index < -0.39 is 0 Å². The average Bonchev–Trinajstić information content (AvgIpc) is 2.36. The van der Waals surface area contributed by atoms with E-state index in [9.17, 15) is 0 Å². The molecule has 0 aromatic heterocycles. The molecule has 2 heteroatoms. The monoisotopic (exact) mass is 263 g/mol. The third kappa shape index (κ3) is 6.63. The van der Waals surface area contributed by atoms with Gasteiger partial charge in [-0.1, -0.05) is 25.5 Å². The molecular weight excluding hydrogens is 234 g/mol. The lowest BCUT2D eigenvalue weighted by molar-refractivity contribution is 0.355. The maximum atomic E-state index is 5.20. The van der Waals surface area contributed by atoms with Crippen LogP contribution in [0.2, 0.25) is 0 Å². The fourth-order valence-electron chi connectivity index (χ4n) is 2.23. The van der Waals surface area contributed by atoms with Crippen LogP contribution in [0.4, 0.5) is 0 Å². The first-order valence-corrected chi connectivity index (χ1v) is 7.32. The summed E-state index contributed by atoms with van der Waals surface area (Å²) in [6, 6.07) is 8.46. The van der Waals surface area contributed by atoms with Gasteiger partial charge >= 0.3 is 0 Å². The first-order valence-electron chi connectivity index (χ1n) is 7.32. The lowest BCUT2D eigenvalue weighted by Gasteiger charge is -2.25. The number of rotatable bonds is 7. The number of hydrogen-bond acceptors (Lipinski definition) is 2. The average molecular weight is 263 g/mol. The Hall–Kier alpha value is -1.02. The highest BCUT2D eigenvalue weighted by atomic mass is 16.5. The van der Waals surface area contributed by atoms with Gasteiger partial charge in [0.25, 0.3) is 0 Å². The molecule has 0 aliphatic heterocycles. The molecule has 0 saturated carbocycles. The molecule has 1 unspecified atom stereocenters. The molecule has 0 heterocycles. The van der Waals surface area contributed by atoms with Gasteiger partial charge in [0, 0.05) is 5.54 Å². The summed E-state index contributed by atoms with van der Waals surface area (Å²) in [7, 11) is 1.71. The van der Waals surface area contributed by atoms with Crippen molar-refractivity contribution in [3.63, 3.8) is 0 Å². The van der Waals surface area contributed by atoms with Crippen LogP contribution in [0.15, 0.2) is 24.3 Å². The number of ether oxygens (including phenoxy) is 1. The van der Waals surface area contributed by atoms with Gasteiger partial charge in [0.1, 0.15) is 5.75 Å². The zero-order valence-corrected chi connectivity index (χ0v) is 13.1. The second-order valence-electron chi connectivity index (χ2n) is 6.34. The molecule has 1 rings (SSSR count). The van der Waals surface area contributed by atoms with Gasteiger partial charge in [-0.25, -0.2) is 0 Å². The van der Waals surface area contributed by atoms with Crippen LogP contribution in [0.25, 0.3) is 0 Å². The lowest BCUT2D eigenvalue weighted by atomic mass is 9.94. The summed E-state index contributed by atoms with van der Waals surface area (Å²) in [6.45, 7) is 10.0. The minimum absolute atomic E-state index is 0.200. The van der Waals surface area contributed by atoms with Crippen LogP contribution in [0.5, 0.6) is 5.75 Å². The SMILES string of the molecule is CCCC(CNC(C)(C)C)Cc1ccc(OC)cc1. The number of methoxy groups -OCH3 is 1. The smallest absolute Gasteiger partial charge is 0.118 e. The van der Waals surface area contributed by atoms with Crippen molar-refractivity contribution in [2.75, 3.05) is 13.7 Å². The minimum atomic E-state index is 0.200. The highest BCUT2D eigenvalue weighted by Crippen LogP contribution is 2.18. The summed E-state index contributed by atoms with van der Waals surface area (Å²) >= 11 is 0. The topological polar surface area (TPSA) is 21.3 Å².